The quantitative estimate of drug-likeness (QED) is 0.200. The first-order chi connectivity index (χ1) is 21.8. The van der Waals surface area contributed by atoms with Crippen LogP contribution < -0.4 is 0 Å². The number of aliphatic hydroxyl groups excluding tert-OH is 1. The zero-order valence-corrected chi connectivity index (χ0v) is 25.2. The van der Waals surface area contributed by atoms with E-state index in [0.29, 0.717) is 33.0 Å². The minimum atomic E-state index is -0.543. The van der Waals surface area contributed by atoms with E-state index in [4.69, 9.17) is 18.9 Å². The molecule has 2 fully saturated rings. The topological polar surface area (TPSA) is 60.4 Å². The van der Waals surface area contributed by atoms with Crippen molar-refractivity contribution in [2.75, 3.05) is 13.2 Å². The highest BCUT2D eigenvalue weighted by Gasteiger charge is 2.54. The predicted octanol–water partition coefficient (Wildman–Crippen LogP) is 6.17. The number of ether oxygens (including phenoxy) is 4. The third-order valence-electron chi connectivity index (χ3n) is 8.74. The van der Waals surface area contributed by atoms with Gasteiger partial charge in [-0.25, -0.2) is 0 Å². The average molecular weight is 594 g/mol. The number of piperidine rings is 2. The van der Waals surface area contributed by atoms with Gasteiger partial charge in [0.1, 0.15) is 18.3 Å². The molecule has 0 spiro atoms. The van der Waals surface area contributed by atoms with E-state index in [0.717, 1.165) is 41.6 Å². The summed E-state index contributed by atoms with van der Waals surface area (Å²) in [6.45, 7) is 3.08. The molecule has 1 N–H and O–H groups in total. The molecule has 2 saturated heterocycles. The molecule has 230 valence electrons. The van der Waals surface area contributed by atoms with Crippen molar-refractivity contribution in [3.63, 3.8) is 0 Å². The minimum Gasteiger partial charge on any atom is -0.391 e. The lowest BCUT2D eigenvalue weighted by Gasteiger charge is -2.56. The summed E-state index contributed by atoms with van der Waals surface area (Å²) in [6.07, 6.45) is -0.0947. The molecule has 2 aliphatic heterocycles. The Morgan fingerprint density at radius 3 is 1.48 bits per heavy atom. The van der Waals surface area contributed by atoms with Crippen molar-refractivity contribution in [2.45, 2.75) is 75.8 Å². The first kappa shape index (κ1) is 30.7. The molecule has 0 radical (unpaired) electrons. The molecule has 6 rings (SSSR count). The molecular formula is C38H43NO5. The molecule has 0 aliphatic carbocycles. The van der Waals surface area contributed by atoms with Gasteiger partial charge in [0.25, 0.3) is 0 Å². The van der Waals surface area contributed by atoms with Crippen LogP contribution in [0.25, 0.3) is 0 Å². The second-order valence-corrected chi connectivity index (χ2v) is 11.8. The number of aliphatic hydroxyl groups is 1. The van der Waals surface area contributed by atoms with Crippen LogP contribution in [-0.4, -0.2) is 59.7 Å². The van der Waals surface area contributed by atoms with Crippen LogP contribution in [0, 0.1) is 0 Å². The van der Waals surface area contributed by atoms with Gasteiger partial charge in [-0.15, -0.1) is 0 Å². The summed E-state index contributed by atoms with van der Waals surface area (Å²) in [5.74, 6) is 0. The van der Waals surface area contributed by atoms with E-state index in [9.17, 15) is 5.11 Å². The largest absolute Gasteiger partial charge is 0.391 e. The summed E-state index contributed by atoms with van der Waals surface area (Å²) < 4.78 is 26.8. The summed E-state index contributed by atoms with van der Waals surface area (Å²) in [5, 5.41) is 11.5. The summed E-state index contributed by atoms with van der Waals surface area (Å²) in [4.78, 5) is 2.38. The zero-order valence-electron chi connectivity index (χ0n) is 25.2. The molecule has 4 aromatic rings. The van der Waals surface area contributed by atoms with Crippen LogP contribution in [0.15, 0.2) is 121 Å². The Hall–Kier alpha value is -3.36. The van der Waals surface area contributed by atoms with E-state index in [1.54, 1.807) is 0 Å². The van der Waals surface area contributed by atoms with Gasteiger partial charge >= 0.3 is 0 Å². The predicted molar refractivity (Wildman–Crippen MR) is 171 cm³/mol. The van der Waals surface area contributed by atoms with Gasteiger partial charge in [-0.3, -0.25) is 4.90 Å². The number of rotatable bonds is 13. The van der Waals surface area contributed by atoms with Gasteiger partial charge in [0.05, 0.1) is 51.2 Å². The zero-order chi connectivity index (χ0) is 30.0. The SMILES string of the molecule is OC1CCCN2C(COCc3ccccc3)C(OCc3ccccc3)C(OCc3ccccc3)C(OCc3ccccc3)C12. The number of fused-ring (bicyclic) bond motifs is 1. The number of hydrogen-bond donors (Lipinski definition) is 1. The highest BCUT2D eigenvalue weighted by molar-refractivity contribution is 5.17. The van der Waals surface area contributed by atoms with E-state index in [1.165, 1.54) is 0 Å². The van der Waals surface area contributed by atoms with Gasteiger partial charge in [-0.05, 0) is 41.6 Å². The van der Waals surface area contributed by atoms with Gasteiger partial charge in [0.15, 0.2) is 0 Å². The number of benzene rings is 4. The third-order valence-corrected chi connectivity index (χ3v) is 8.74. The van der Waals surface area contributed by atoms with Crippen LogP contribution in [0.3, 0.4) is 0 Å². The molecular weight excluding hydrogens is 550 g/mol. The van der Waals surface area contributed by atoms with E-state index < -0.39 is 18.3 Å². The number of hydrogen-bond acceptors (Lipinski definition) is 6. The molecule has 0 bridgehead atoms. The summed E-state index contributed by atoms with van der Waals surface area (Å²) >= 11 is 0. The van der Waals surface area contributed by atoms with Crippen LogP contribution in [0.4, 0.5) is 0 Å². The lowest BCUT2D eigenvalue weighted by molar-refractivity contribution is -0.247. The lowest BCUT2D eigenvalue weighted by Crippen LogP contribution is -2.72. The first-order valence-corrected chi connectivity index (χ1v) is 15.8. The normalized spacial score (nSPS) is 25.4. The van der Waals surface area contributed by atoms with Crippen molar-refractivity contribution in [2.24, 2.45) is 0 Å². The van der Waals surface area contributed by atoms with Gasteiger partial charge in [0.2, 0.25) is 0 Å². The smallest absolute Gasteiger partial charge is 0.113 e. The van der Waals surface area contributed by atoms with Crippen LogP contribution >= 0.6 is 0 Å². The van der Waals surface area contributed by atoms with E-state index >= 15 is 0 Å². The maximum atomic E-state index is 11.5. The maximum Gasteiger partial charge on any atom is 0.113 e. The third kappa shape index (κ3) is 7.83. The molecule has 0 aromatic heterocycles. The van der Waals surface area contributed by atoms with Crippen LogP contribution in [0.5, 0.6) is 0 Å². The van der Waals surface area contributed by atoms with Crippen molar-refractivity contribution in [1.29, 1.82) is 0 Å². The van der Waals surface area contributed by atoms with Crippen molar-refractivity contribution < 1.29 is 24.1 Å². The average Bonchev–Trinajstić information content (AvgIpc) is 3.08. The molecule has 2 aliphatic rings. The van der Waals surface area contributed by atoms with Gasteiger partial charge in [0, 0.05) is 0 Å². The molecule has 6 nitrogen and oxygen atoms in total. The van der Waals surface area contributed by atoms with Crippen molar-refractivity contribution in [3.8, 4) is 0 Å². The molecule has 44 heavy (non-hydrogen) atoms. The van der Waals surface area contributed by atoms with E-state index in [1.807, 2.05) is 72.8 Å². The van der Waals surface area contributed by atoms with Gasteiger partial charge < -0.3 is 24.1 Å². The van der Waals surface area contributed by atoms with Crippen LogP contribution in [0.2, 0.25) is 0 Å². The fourth-order valence-electron chi connectivity index (χ4n) is 6.56. The Morgan fingerprint density at radius 2 is 0.977 bits per heavy atom. The molecule has 6 unspecified atom stereocenters. The molecule has 0 amide bonds. The minimum absolute atomic E-state index is 0.125. The Bertz CT molecular complexity index is 1370. The molecule has 4 aromatic carbocycles. The monoisotopic (exact) mass is 593 g/mol. The van der Waals surface area contributed by atoms with Crippen LogP contribution in [-0.2, 0) is 45.4 Å². The highest BCUT2D eigenvalue weighted by Crippen LogP contribution is 2.37. The first-order valence-electron chi connectivity index (χ1n) is 15.8. The Labute approximate surface area is 261 Å². The molecule has 2 heterocycles. The van der Waals surface area contributed by atoms with E-state index in [-0.39, 0.29) is 18.2 Å². The number of nitrogens with zero attached hydrogens (tertiary/aromatic N) is 1. The second-order valence-electron chi connectivity index (χ2n) is 11.8. The van der Waals surface area contributed by atoms with Crippen molar-refractivity contribution >= 4 is 0 Å². The summed E-state index contributed by atoms with van der Waals surface area (Å²) in [6, 6.07) is 40.5. The van der Waals surface area contributed by atoms with Crippen LogP contribution in [0.1, 0.15) is 35.1 Å². The van der Waals surface area contributed by atoms with Crippen molar-refractivity contribution in [3.05, 3.63) is 144 Å². The standard InChI is InChI=1S/C38H43NO5/c40-34-22-13-23-39-33(28-41-24-29-14-5-1-6-15-29)36(42-25-30-16-7-2-8-17-30)38(44-27-32-20-11-4-12-21-32)37(35(34)39)43-26-31-18-9-3-10-19-31/h1-12,14-21,33-38,40H,13,22-28H2. The Balaban J connectivity index is 1.32. The maximum absolute atomic E-state index is 11.5. The van der Waals surface area contributed by atoms with Gasteiger partial charge in [-0.1, -0.05) is 121 Å². The molecule has 6 atom stereocenters. The molecule has 0 saturated carbocycles. The molecule has 6 heteroatoms. The fourth-order valence-corrected chi connectivity index (χ4v) is 6.56. The van der Waals surface area contributed by atoms with E-state index in [2.05, 4.69) is 53.4 Å². The summed E-state index contributed by atoms with van der Waals surface area (Å²) in [5.41, 5.74) is 4.39. The van der Waals surface area contributed by atoms with Crippen molar-refractivity contribution in [1.82, 2.24) is 4.90 Å². The second kappa shape index (κ2) is 15.6. The highest BCUT2D eigenvalue weighted by atomic mass is 16.6. The fraction of sp³-hybridized carbons (Fsp3) is 0.368. The Kier molecular flexibility index (Phi) is 10.9. The lowest BCUT2D eigenvalue weighted by atomic mass is 9.81. The Morgan fingerprint density at radius 1 is 0.545 bits per heavy atom. The summed E-state index contributed by atoms with van der Waals surface area (Å²) in [7, 11) is 0. The van der Waals surface area contributed by atoms with Gasteiger partial charge in [-0.2, -0.15) is 0 Å².